The first-order valence-corrected chi connectivity index (χ1v) is 14.3. The molecule has 0 amide bonds. The molecule has 0 unspecified atom stereocenters. The molecule has 40 heavy (non-hydrogen) atoms. The SMILES string of the molecule is CN1/N=C/c2cccc(c2O)OCCOCCOCCOc2cccc(c2O)/C=N/N(C)P1(=O)c1ccccc1. The predicted molar refractivity (Wildman–Crippen MR) is 153 cm³/mol. The summed E-state index contributed by atoms with van der Waals surface area (Å²) in [6.07, 6.45) is 2.82. The molecular weight excluding hydrogens is 535 g/mol. The van der Waals surface area contributed by atoms with E-state index < -0.39 is 7.44 Å². The van der Waals surface area contributed by atoms with Crippen LogP contribution in [0.3, 0.4) is 0 Å². The van der Waals surface area contributed by atoms with Crippen molar-refractivity contribution < 1.29 is 33.7 Å². The molecule has 1 heterocycles. The Morgan fingerprint density at radius 3 is 1.57 bits per heavy atom. The van der Waals surface area contributed by atoms with Gasteiger partial charge in [-0.2, -0.15) is 10.2 Å². The van der Waals surface area contributed by atoms with Crippen molar-refractivity contribution in [3.8, 4) is 23.0 Å². The summed E-state index contributed by atoms with van der Waals surface area (Å²) in [4.78, 5) is 0. The van der Waals surface area contributed by atoms with Gasteiger partial charge in [0.25, 0.3) is 0 Å². The van der Waals surface area contributed by atoms with Crippen LogP contribution in [0, 0.1) is 0 Å². The summed E-state index contributed by atoms with van der Waals surface area (Å²) in [5, 5.41) is 30.8. The fourth-order valence-corrected chi connectivity index (χ4v) is 5.83. The Morgan fingerprint density at radius 2 is 1.10 bits per heavy atom. The van der Waals surface area contributed by atoms with Crippen LogP contribution in [-0.4, -0.2) is 85.9 Å². The molecule has 2 N–H and O–H groups in total. The summed E-state index contributed by atoms with van der Waals surface area (Å²) in [6.45, 7) is 1.76. The Labute approximate surface area is 233 Å². The first-order valence-electron chi connectivity index (χ1n) is 12.7. The molecule has 0 spiro atoms. The molecule has 0 aliphatic carbocycles. The normalized spacial score (nSPS) is 18.6. The van der Waals surface area contributed by atoms with E-state index in [4.69, 9.17) is 18.9 Å². The van der Waals surface area contributed by atoms with Crippen molar-refractivity contribution in [1.29, 1.82) is 0 Å². The predicted octanol–water partition coefficient (Wildman–Crippen LogP) is 3.65. The number of fused-ring (bicyclic) bond motifs is 4. The lowest BCUT2D eigenvalue weighted by Crippen LogP contribution is -2.28. The van der Waals surface area contributed by atoms with Crippen LogP contribution >= 0.6 is 7.44 Å². The third-order valence-corrected chi connectivity index (χ3v) is 8.75. The van der Waals surface area contributed by atoms with Crippen molar-refractivity contribution in [2.45, 2.75) is 0 Å². The van der Waals surface area contributed by atoms with Crippen molar-refractivity contribution in [1.82, 2.24) is 9.56 Å². The maximum atomic E-state index is 14.5. The van der Waals surface area contributed by atoms with Gasteiger partial charge in [-0.3, -0.25) is 4.57 Å². The fraction of sp³-hybridized carbons (Fsp3) is 0.286. The average Bonchev–Trinajstić information content (AvgIpc) is 2.97. The number of nitrogens with zero attached hydrogens (tertiary/aromatic N) is 4. The molecule has 4 bridgehead atoms. The topological polar surface area (TPSA) is 126 Å². The van der Waals surface area contributed by atoms with Crippen LogP contribution in [0.25, 0.3) is 0 Å². The van der Waals surface area contributed by atoms with E-state index in [1.807, 2.05) is 6.07 Å². The number of hydrogen-bond donors (Lipinski definition) is 2. The Bertz CT molecular complexity index is 1290. The number of phenols is 2. The van der Waals surface area contributed by atoms with Gasteiger partial charge >= 0.3 is 7.44 Å². The number of benzene rings is 3. The fourth-order valence-electron chi connectivity index (χ4n) is 3.84. The van der Waals surface area contributed by atoms with E-state index in [1.165, 1.54) is 22.0 Å². The van der Waals surface area contributed by atoms with E-state index >= 15 is 0 Å². The van der Waals surface area contributed by atoms with Crippen LogP contribution < -0.4 is 14.8 Å². The van der Waals surface area contributed by atoms with Gasteiger partial charge in [0.1, 0.15) is 13.2 Å². The number of para-hydroxylation sites is 2. The first kappa shape index (κ1) is 28.9. The van der Waals surface area contributed by atoms with Crippen LogP contribution in [0.15, 0.2) is 76.9 Å². The molecule has 1 aliphatic heterocycles. The molecule has 0 saturated carbocycles. The van der Waals surface area contributed by atoms with Gasteiger partial charge in [0.15, 0.2) is 23.0 Å². The smallest absolute Gasteiger partial charge is 0.322 e. The van der Waals surface area contributed by atoms with Crippen LogP contribution in [0.4, 0.5) is 0 Å². The van der Waals surface area contributed by atoms with Gasteiger partial charge in [-0.25, -0.2) is 9.56 Å². The summed E-state index contributed by atoms with van der Waals surface area (Å²) in [7, 11) is -0.466. The highest BCUT2D eigenvalue weighted by atomic mass is 31.2. The summed E-state index contributed by atoms with van der Waals surface area (Å²) in [5.41, 5.74) is 0.758. The van der Waals surface area contributed by atoms with Crippen LogP contribution in [-0.2, 0) is 14.0 Å². The summed E-state index contributed by atoms with van der Waals surface area (Å²) >= 11 is 0. The minimum Gasteiger partial charge on any atom is -0.504 e. The second-order valence-electron chi connectivity index (χ2n) is 8.66. The molecule has 0 atom stereocenters. The molecular formula is C28H33N4O7P. The highest BCUT2D eigenvalue weighted by Gasteiger charge is 2.34. The third kappa shape index (κ3) is 6.93. The molecule has 1 aliphatic rings. The Kier molecular flexibility index (Phi) is 10.0. The lowest BCUT2D eigenvalue weighted by atomic mass is 10.2. The molecule has 0 radical (unpaired) electrons. The Morgan fingerprint density at radius 1 is 0.650 bits per heavy atom. The van der Waals surface area contributed by atoms with Gasteiger partial charge in [-0.05, 0) is 36.4 Å². The summed E-state index contributed by atoms with van der Waals surface area (Å²) in [6, 6.07) is 18.9. The van der Waals surface area contributed by atoms with Crippen molar-refractivity contribution >= 4 is 25.2 Å². The van der Waals surface area contributed by atoms with E-state index in [9.17, 15) is 14.8 Å². The van der Waals surface area contributed by atoms with Gasteiger partial charge < -0.3 is 29.2 Å². The largest absolute Gasteiger partial charge is 0.504 e. The summed E-state index contributed by atoms with van der Waals surface area (Å²) < 4.78 is 39.6. The van der Waals surface area contributed by atoms with Crippen molar-refractivity contribution in [2.24, 2.45) is 10.2 Å². The number of rotatable bonds is 1. The molecule has 4 rings (SSSR count). The van der Waals surface area contributed by atoms with E-state index in [0.29, 0.717) is 42.9 Å². The van der Waals surface area contributed by atoms with Gasteiger partial charge in [0, 0.05) is 25.2 Å². The quantitative estimate of drug-likeness (QED) is 0.423. The zero-order chi connectivity index (χ0) is 28.4. The number of hydrazone groups is 2. The first-order chi connectivity index (χ1) is 19.4. The molecule has 3 aromatic carbocycles. The van der Waals surface area contributed by atoms with Gasteiger partial charge in [0.05, 0.1) is 44.2 Å². The number of phenolic OH excluding ortho intramolecular Hbond substituents is 2. The summed E-state index contributed by atoms with van der Waals surface area (Å²) in [5.74, 6) is 0.350. The van der Waals surface area contributed by atoms with Gasteiger partial charge in [0.2, 0.25) is 0 Å². The number of aromatic hydroxyl groups is 2. The van der Waals surface area contributed by atoms with E-state index in [2.05, 4.69) is 10.2 Å². The number of ether oxygens (including phenoxy) is 4. The molecule has 0 fully saturated rings. The van der Waals surface area contributed by atoms with Gasteiger partial charge in [-0.1, -0.05) is 30.3 Å². The lowest BCUT2D eigenvalue weighted by Gasteiger charge is -2.31. The molecule has 212 valence electrons. The van der Waals surface area contributed by atoms with E-state index in [1.54, 1.807) is 74.8 Å². The van der Waals surface area contributed by atoms with E-state index in [0.717, 1.165) is 0 Å². The highest BCUT2D eigenvalue weighted by Crippen LogP contribution is 2.51. The maximum Gasteiger partial charge on any atom is 0.322 e. The molecule has 0 aromatic heterocycles. The maximum absolute atomic E-state index is 14.5. The minimum absolute atomic E-state index is 0.0994. The zero-order valence-corrected chi connectivity index (χ0v) is 23.3. The van der Waals surface area contributed by atoms with Crippen molar-refractivity contribution in [3.05, 3.63) is 77.9 Å². The lowest BCUT2D eigenvalue weighted by molar-refractivity contribution is 0.0269. The molecule has 0 saturated heterocycles. The second kappa shape index (κ2) is 13.8. The number of hydrogen-bond acceptors (Lipinski definition) is 9. The minimum atomic E-state index is -3.61. The third-order valence-electron chi connectivity index (χ3n) is 6.01. The molecule has 12 heteroatoms. The molecule has 3 aromatic rings. The van der Waals surface area contributed by atoms with Crippen molar-refractivity contribution in [3.63, 3.8) is 0 Å². The highest BCUT2D eigenvalue weighted by molar-refractivity contribution is 7.66. The van der Waals surface area contributed by atoms with Crippen LogP contribution in [0.2, 0.25) is 0 Å². The molecule has 11 nitrogen and oxygen atoms in total. The van der Waals surface area contributed by atoms with Gasteiger partial charge in [-0.15, -0.1) is 0 Å². The monoisotopic (exact) mass is 568 g/mol. The standard InChI is InChI=1S/C28H33N4O7P/c1-31-29-20-22-8-6-12-25(27(22)33)38-18-16-36-14-15-37-17-19-39-26-13-7-9-23(28(26)34)21-30-32(2)40(31,35)24-10-4-3-5-11-24/h3-13,20-21,33-34H,14-19H2,1-2H3/b29-20+,30-21+. The van der Waals surface area contributed by atoms with E-state index in [-0.39, 0.29) is 36.2 Å². The second-order valence-corrected chi connectivity index (χ2v) is 11.4. The van der Waals surface area contributed by atoms with Crippen molar-refractivity contribution in [2.75, 3.05) is 53.7 Å². The average molecular weight is 569 g/mol. The Hall–Kier alpha value is -4.05. The Balaban J connectivity index is 1.69. The van der Waals surface area contributed by atoms with Crippen LogP contribution in [0.1, 0.15) is 11.1 Å². The zero-order valence-electron chi connectivity index (χ0n) is 22.4. The van der Waals surface area contributed by atoms with Crippen LogP contribution in [0.5, 0.6) is 23.0 Å².